The van der Waals surface area contributed by atoms with Crippen molar-refractivity contribution in [2.24, 2.45) is 10.7 Å². The maximum atomic E-state index is 13.6. The number of dihydropyridines is 1. The lowest BCUT2D eigenvalue weighted by atomic mass is 9.74. The minimum atomic E-state index is -0.686. The molecule has 1 aromatic carbocycles. The summed E-state index contributed by atoms with van der Waals surface area (Å²) in [4.78, 5) is 21.3. The van der Waals surface area contributed by atoms with Gasteiger partial charge < -0.3 is 5.73 Å². The summed E-state index contributed by atoms with van der Waals surface area (Å²) in [6.07, 6.45) is 7.96. The molecule has 1 aliphatic rings. The quantitative estimate of drug-likeness (QED) is 0.665. The molecule has 0 radical (unpaired) electrons. The van der Waals surface area contributed by atoms with E-state index in [9.17, 15) is 9.18 Å². The summed E-state index contributed by atoms with van der Waals surface area (Å²) in [5.74, 6) is -0.728. The fraction of sp³-hybridized carbons (Fsp3) is 0.208. The number of allylic oxidation sites excluding steroid dienone is 1. The molecule has 1 unspecified atom stereocenters. The number of halogens is 1. The number of carbonyl (C=O) groups is 1. The highest BCUT2D eigenvalue weighted by molar-refractivity contribution is 6.13. The predicted molar refractivity (Wildman–Crippen MR) is 117 cm³/mol. The number of nitrogens with zero attached hydrogens (tertiary/aromatic N) is 4. The van der Waals surface area contributed by atoms with E-state index < -0.39 is 11.3 Å². The molecule has 0 saturated heterocycles. The molecule has 0 spiro atoms. The van der Waals surface area contributed by atoms with Gasteiger partial charge in [0.2, 0.25) is 5.91 Å². The maximum absolute atomic E-state index is 13.6. The second-order valence-electron chi connectivity index (χ2n) is 7.56. The second-order valence-corrected chi connectivity index (χ2v) is 7.56. The Kier molecular flexibility index (Phi) is 5.66. The van der Waals surface area contributed by atoms with Crippen LogP contribution in [0.2, 0.25) is 0 Å². The lowest BCUT2D eigenvalue weighted by Gasteiger charge is -2.33. The molecule has 4 rings (SSSR count). The second kappa shape index (κ2) is 8.55. The zero-order chi connectivity index (χ0) is 21.8. The van der Waals surface area contributed by atoms with Gasteiger partial charge in [0.1, 0.15) is 5.82 Å². The Morgan fingerprint density at radius 2 is 2.00 bits per heavy atom. The Bertz CT molecular complexity index is 1160. The van der Waals surface area contributed by atoms with Gasteiger partial charge in [-0.05, 0) is 41.8 Å². The molecule has 156 valence electrons. The molecule has 1 atom stereocenters. The van der Waals surface area contributed by atoms with Gasteiger partial charge in [-0.3, -0.25) is 14.8 Å². The van der Waals surface area contributed by atoms with E-state index in [0.717, 1.165) is 28.8 Å². The van der Waals surface area contributed by atoms with Crippen LogP contribution in [0, 0.1) is 5.82 Å². The highest BCUT2D eigenvalue weighted by atomic mass is 19.1. The van der Waals surface area contributed by atoms with Gasteiger partial charge in [0.15, 0.2) is 0 Å². The van der Waals surface area contributed by atoms with E-state index in [-0.39, 0.29) is 12.2 Å². The van der Waals surface area contributed by atoms with Crippen molar-refractivity contribution >= 4 is 11.6 Å². The molecule has 0 bridgehead atoms. The Labute approximate surface area is 179 Å². The SMILES string of the molecule is CCC1=CC(CC(N)=O)(c2ccc(-c3cccc(F)c3)nc2)CN=C1c1ccnnc1. The lowest BCUT2D eigenvalue weighted by molar-refractivity contribution is -0.118. The topological polar surface area (TPSA) is 94.1 Å². The van der Waals surface area contributed by atoms with Gasteiger partial charge in [-0.15, -0.1) is 0 Å². The Morgan fingerprint density at radius 1 is 1.13 bits per heavy atom. The number of hydrogen-bond acceptors (Lipinski definition) is 5. The largest absolute Gasteiger partial charge is 0.370 e. The normalized spacial score (nSPS) is 18.3. The number of primary amides is 1. The van der Waals surface area contributed by atoms with Gasteiger partial charge in [-0.1, -0.05) is 31.2 Å². The molecule has 0 saturated carbocycles. The molecule has 1 amide bonds. The van der Waals surface area contributed by atoms with Crippen molar-refractivity contribution in [3.8, 4) is 11.3 Å². The number of amides is 1. The third-order valence-electron chi connectivity index (χ3n) is 5.46. The molecular weight excluding hydrogens is 393 g/mol. The maximum Gasteiger partial charge on any atom is 0.218 e. The molecule has 31 heavy (non-hydrogen) atoms. The number of benzene rings is 1. The van der Waals surface area contributed by atoms with E-state index in [2.05, 4.69) is 21.3 Å². The molecule has 2 N–H and O–H groups in total. The zero-order valence-corrected chi connectivity index (χ0v) is 17.1. The molecule has 2 aromatic heterocycles. The van der Waals surface area contributed by atoms with Crippen molar-refractivity contribution in [3.63, 3.8) is 0 Å². The van der Waals surface area contributed by atoms with Gasteiger partial charge in [0.05, 0.1) is 30.3 Å². The van der Waals surface area contributed by atoms with Gasteiger partial charge >= 0.3 is 0 Å². The zero-order valence-electron chi connectivity index (χ0n) is 17.1. The van der Waals surface area contributed by atoms with Crippen molar-refractivity contribution < 1.29 is 9.18 Å². The third kappa shape index (κ3) is 4.26. The van der Waals surface area contributed by atoms with Crippen LogP contribution in [0.5, 0.6) is 0 Å². The van der Waals surface area contributed by atoms with Crippen molar-refractivity contribution in [2.45, 2.75) is 25.2 Å². The smallest absolute Gasteiger partial charge is 0.218 e. The standard InChI is InChI=1S/C24H22FN5O/c1-2-16-11-24(12-22(26)31,15-28-23(16)18-8-9-29-30-13-18)19-6-7-21(27-14-19)17-4-3-5-20(25)10-17/h3-11,13-14H,2,12,15H2,1H3,(H2,26,31). The summed E-state index contributed by atoms with van der Waals surface area (Å²) in [6.45, 7) is 2.40. The fourth-order valence-electron chi connectivity index (χ4n) is 3.95. The first-order chi connectivity index (χ1) is 15.0. The number of pyridine rings is 1. The molecular formula is C24H22FN5O. The Morgan fingerprint density at radius 3 is 2.65 bits per heavy atom. The van der Waals surface area contributed by atoms with E-state index in [1.165, 1.54) is 12.1 Å². The average molecular weight is 415 g/mol. The molecule has 3 heterocycles. The number of aromatic nitrogens is 3. The first kappa shape index (κ1) is 20.5. The minimum Gasteiger partial charge on any atom is -0.370 e. The van der Waals surface area contributed by atoms with Gasteiger partial charge in [0, 0.05) is 29.2 Å². The van der Waals surface area contributed by atoms with Crippen LogP contribution in [0.3, 0.4) is 0 Å². The lowest BCUT2D eigenvalue weighted by Crippen LogP contribution is -2.37. The van der Waals surface area contributed by atoms with Crippen molar-refractivity contribution in [3.05, 3.63) is 89.6 Å². The molecule has 0 aliphatic carbocycles. The van der Waals surface area contributed by atoms with E-state index in [0.29, 0.717) is 17.8 Å². The van der Waals surface area contributed by atoms with Crippen LogP contribution in [0.25, 0.3) is 11.3 Å². The summed E-state index contributed by atoms with van der Waals surface area (Å²) in [7, 11) is 0. The van der Waals surface area contributed by atoms with Gasteiger partial charge in [0.25, 0.3) is 0 Å². The minimum absolute atomic E-state index is 0.114. The monoisotopic (exact) mass is 415 g/mol. The third-order valence-corrected chi connectivity index (χ3v) is 5.46. The van der Waals surface area contributed by atoms with Crippen LogP contribution in [0.1, 0.15) is 30.9 Å². The highest BCUT2D eigenvalue weighted by Gasteiger charge is 2.36. The molecule has 6 nitrogen and oxygen atoms in total. The molecule has 3 aromatic rings. The van der Waals surface area contributed by atoms with E-state index in [4.69, 9.17) is 10.7 Å². The van der Waals surface area contributed by atoms with E-state index in [1.807, 2.05) is 25.1 Å². The number of carbonyl (C=O) groups excluding carboxylic acids is 1. The average Bonchev–Trinajstić information content (AvgIpc) is 2.79. The van der Waals surface area contributed by atoms with Crippen molar-refractivity contribution in [1.29, 1.82) is 0 Å². The van der Waals surface area contributed by atoms with E-state index >= 15 is 0 Å². The van der Waals surface area contributed by atoms with Crippen LogP contribution in [0.4, 0.5) is 4.39 Å². The molecule has 0 fully saturated rings. The van der Waals surface area contributed by atoms with Crippen molar-refractivity contribution in [1.82, 2.24) is 15.2 Å². The highest BCUT2D eigenvalue weighted by Crippen LogP contribution is 2.36. The fourth-order valence-corrected chi connectivity index (χ4v) is 3.95. The Balaban J connectivity index is 1.73. The molecule has 7 heteroatoms. The van der Waals surface area contributed by atoms with Crippen LogP contribution >= 0.6 is 0 Å². The molecule has 1 aliphatic heterocycles. The Hall–Kier alpha value is -3.74. The van der Waals surface area contributed by atoms with Crippen LogP contribution in [-0.2, 0) is 10.2 Å². The first-order valence-electron chi connectivity index (χ1n) is 10.0. The van der Waals surface area contributed by atoms with Crippen LogP contribution < -0.4 is 5.73 Å². The van der Waals surface area contributed by atoms with Gasteiger partial charge in [-0.25, -0.2) is 4.39 Å². The van der Waals surface area contributed by atoms with Gasteiger partial charge in [-0.2, -0.15) is 10.2 Å². The van der Waals surface area contributed by atoms with Crippen LogP contribution in [0.15, 0.2) is 77.7 Å². The van der Waals surface area contributed by atoms with Crippen LogP contribution in [-0.4, -0.2) is 33.3 Å². The summed E-state index contributed by atoms with van der Waals surface area (Å²) in [6, 6.07) is 11.9. The summed E-state index contributed by atoms with van der Waals surface area (Å²) in [5.41, 5.74) is 9.86. The summed E-state index contributed by atoms with van der Waals surface area (Å²) < 4.78 is 13.6. The number of hydrogen-bond donors (Lipinski definition) is 1. The number of aliphatic imine (C=N–C) groups is 1. The number of rotatable bonds is 6. The number of nitrogens with two attached hydrogens (primary N) is 1. The van der Waals surface area contributed by atoms with Crippen molar-refractivity contribution in [2.75, 3.05) is 6.54 Å². The summed E-state index contributed by atoms with van der Waals surface area (Å²) >= 11 is 0. The summed E-state index contributed by atoms with van der Waals surface area (Å²) in [5, 5.41) is 7.78. The van der Waals surface area contributed by atoms with E-state index in [1.54, 1.807) is 30.7 Å². The predicted octanol–water partition coefficient (Wildman–Crippen LogP) is 3.63. The first-order valence-corrected chi connectivity index (χ1v) is 10.0.